The lowest BCUT2D eigenvalue weighted by atomic mass is 10.1. The monoisotopic (exact) mass is 364 g/mol. The molecular weight excluding hydrogens is 344 g/mol. The molecule has 0 fully saturated rings. The van der Waals surface area contributed by atoms with Crippen molar-refractivity contribution >= 4 is 28.5 Å². The van der Waals surface area contributed by atoms with Crippen LogP contribution in [0.2, 0.25) is 0 Å². The first-order valence-corrected chi connectivity index (χ1v) is 9.01. The Hall–Kier alpha value is -3.28. The van der Waals surface area contributed by atoms with Gasteiger partial charge in [0.15, 0.2) is 11.9 Å². The normalized spacial score (nSPS) is 15.9. The maximum atomic E-state index is 13.2. The van der Waals surface area contributed by atoms with Crippen LogP contribution in [-0.2, 0) is 4.79 Å². The molecule has 138 valence electrons. The summed E-state index contributed by atoms with van der Waals surface area (Å²) in [7, 11) is 0. The number of hydrogen-bond acceptors (Lipinski definition) is 4. The van der Waals surface area contributed by atoms with Crippen molar-refractivity contribution in [1.29, 1.82) is 0 Å². The van der Waals surface area contributed by atoms with E-state index in [0.29, 0.717) is 23.6 Å². The lowest BCUT2D eigenvalue weighted by molar-refractivity contribution is -0.127. The largest absolute Gasteiger partial charge is 0.477 e. The van der Waals surface area contributed by atoms with Crippen LogP contribution in [0.1, 0.15) is 23.9 Å². The lowest BCUT2D eigenvalue weighted by Gasteiger charge is -2.33. The van der Waals surface area contributed by atoms with Crippen LogP contribution in [0.3, 0.4) is 0 Å². The summed E-state index contributed by atoms with van der Waals surface area (Å²) < 4.78 is 11.6. The first-order valence-electron chi connectivity index (χ1n) is 9.01. The van der Waals surface area contributed by atoms with Gasteiger partial charge in [-0.1, -0.05) is 37.3 Å². The molecule has 0 aliphatic carbocycles. The quantitative estimate of drug-likeness (QED) is 0.770. The van der Waals surface area contributed by atoms with Crippen molar-refractivity contribution in [1.82, 2.24) is 5.32 Å². The average molecular weight is 364 g/mol. The van der Waals surface area contributed by atoms with Crippen LogP contribution in [0, 0.1) is 0 Å². The second-order valence-electron chi connectivity index (χ2n) is 6.43. The summed E-state index contributed by atoms with van der Waals surface area (Å²) in [5.74, 6) is 0.217. The number of amides is 2. The van der Waals surface area contributed by atoms with Gasteiger partial charge in [-0.05, 0) is 30.7 Å². The van der Waals surface area contributed by atoms with Crippen LogP contribution in [0.15, 0.2) is 59.0 Å². The van der Waals surface area contributed by atoms with Crippen molar-refractivity contribution in [2.75, 3.05) is 18.0 Å². The third kappa shape index (κ3) is 3.26. The molecule has 2 amide bonds. The number of nitrogens with zero attached hydrogens (tertiary/aromatic N) is 1. The molecule has 0 saturated carbocycles. The van der Waals surface area contributed by atoms with Crippen LogP contribution >= 0.6 is 0 Å². The van der Waals surface area contributed by atoms with Gasteiger partial charge in [-0.2, -0.15) is 0 Å². The lowest BCUT2D eigenvalue weighted by Crippen LogP contribution is -2.50. The molecule has 0 unspecified atom stereocenters. The molecule has 1 atom stereocenters. The molecule has 6 nitrogen and oxygen atoms in total. The van der Waals surface area contributed by atoms with Crippen molar-refractivity contribution in [3.05, 3.63) is 60.4 Å². The number of fused-ring (bicyclic) bond motifs is 2. The molecule has 0 saturated heterocycles. The van der Waals surface area contributed by atoms with E-state index in [4.69, 9.17) is 9.15 Å². The van der Waals surface area contributed by atoms with Gasteiger partial charge in [0.25, 0.3) is 11.8 Å². The van der Waals surface area contributed by atoms with Crippen molar-refractivity contribution < 1.29 is 18.7 Å². The zero-order valence-corrected chi connectivity index (χ0v) is 15.0. The summed E-state index contributed by atoms with van der Waals surface area (Å²) in [5, 5.41) is 3.69. The topological polar surface area (TPSA) is 71.8 Å². The van der Waals surface area contributed by atoms with Crippen molar-refractivity contribution in [2.45, 2.75) is 19.4 Å². The van der Waals surface area contributed by atoms with Crippen LogP contribution in [0.25, 0.3) is 11.0 Å². The second-order valence-corrected chi connectivity index (χ2v) is 6.43. The maximum Gasteiger partial charge on any atom is 0.294 e. The highest BCUT2D eigenvalue weighted by Gasteiger charge is 2.35. The molecule has 27 heavy (non-hydrogen) atoms. The molecule has 0 radical (unpaired) electrons. The predicted octanol–water partition coefficient (Wildman–Crippen LogP) is 3.37. The predicted molar refractivity (Wildman–Crippen MR) is 102 cm³/mol. The molecule has 1 aromatic heterocycles. The Bertz CT molecular complexity index is 962. The Morgan fingerprint density at radius 1 is 1.15 bits per heavy atom. The zero-order valence-electron chi connectivity index (χ0n) is 15.0. The van der Waals surface area contributed by atoms with Gasteiger partial charge in [0.1, 0.15) is 11.3 Å². The Balaban J connectivity index is 1.67. The van der Waals surface area contributed by atoms with Gasteiger partial charge in [-0.3, -0.25) is 14.5 Å². The average Bonchev–Trinajstić information content (AvgIpc) is 3.15. The van der Waals surface area contributed by atoms with Gasteiger partial charge in [0, 0.05) is 11.9 Å². The second kappa shape index (κ2) is 7.15. The van der Waals surface area contributed by atoms with Gasteiger partial charge < -0.3 is 14.5 Å². The number of nitrogens with one attached hydrogen (secondary N) is 1. The van der Waals surface area contributed by atoms with Gasteiger partial charge in [0.2, 0.25) is 0 Å². The summed E-state index contributed by atoms with van der Waals surface area (Å²) in [4.78, 5) is 27.1. The van der Waals surface area contributed by atoms with E-state index in [1.165, 1.54) is 0 Å². The number of rotatable bonds is 4. The highest BCUT2D eigenvalue weighted by Crippen LogP contribution is 2.34. The number of carbonyl (C=O) groups is 2. The molecule has 1 aliphatic rings. The summed E-state index contributed by atoms with van der Waals surface area (Å²) in [5.41, 5.74) is 1.28. The molecular formula is C21H20N2O4. The van der Waals surface area contributed by atoms with E-state index in [0.717, 1.165) is 11.8 Å². The molecule has 1 aliphatic heterocycles. The van der Waals surface area contributed by atoms with Gasteiger partial charge >= 0.3 is 0 Å². The number of anilines is 1. The SMILES string of the molecule is CCCNC(=O)[C@@H]1CN(C(=O)c2cc3ccccc3o2)c2ccccc2O1. The van der Waals surface area contributed by atoms with Crippen molar-refractivity contribution in [3.8, 4) is 5.75 Å². The summed E-state index contributed by atoms with van der Waals surface area (Å²) >= 11 is 0. The third-order valence-corrected chi connectivity index (χ3v) is 4.50. The summed E-state index contributed by atoms with van der Waals surface area (Å²) in [6.07, 6.45) is 0.0659. The number of para-hydroxylation sites is 3. The minimum Gasteiger partial charge on any atom is -0.477 e. The highest BCUT2D eigenvalue weighted by atomic mass is 16.5. The molecule has 2 heterocycles. The molecule has 1 N–H and O–H groups in total. The summed E-state index contributed by atoms with van der Waals surface area (Å²) in [6, 6.07) is 16.4. The van der Waals surface area contributed by atoms with E-state index >= 15 is 0 Å². The van der Waals surface area contributed by atoms with E-state index < -0.39 is 6.10 Å². The standard InChI is InChI=1S/C21H20N2O4/c1-2-11-22-20(24)19-13-23(15-8-4-6-10-17(15)27-19)21(25)18-12-14-7-3-5-9-16(14)26-18/h3-10,12,19H,2,11,13H2,1H3,(H,22,24)/t19-/m0/s1. The van der Waals surface area contributed by atoms with Crippen molar-refractivity contribution in [2.24, 2.45) is 0 Å². The van der Waals surface area contributed by atoms with Crippen LogP contribution in [0.4, 0.5) is 5.69 Å². The Kier molecular flexibility index (Phi) is 4.54. The summed E-state index contributed by atoms with van der Waals surface area (Å²) in [6.45, 7) is 2.68. The van der Waals surface area contributed by atoms with Crippen LogP contribution in [-0.4, -0.2) is 31.0 Å². The van der Waals surface area contributed by atoms with Gasteiger partial charge in [-0.15, -0.1) is 0 Å². The van der Waals surface area contributed by atoms with Crippen molar-refractivity contribution in [3.63, 3.8) is 0 Å². The molecule has 4 rings (SSSR count). The third-order valence-electron chi connectivity index (χ3n) is 4.50. The Morgan fingerprint density at radius 2 is 1.93 bits per heavy atom. The smallest absolute Gasteiger partial charge is 0.294 e. The Morgan fingerprint density at radius 3 is 2.74 bits per heavy atom. The van der Waals surface area contributed by atoms with E-state index in [-0.39, 0.29) is 24.1 Å². The van der Waals surface area contributed by atoms with Gasteiger partial charge in [-0.25, -0.2) is 0 Å². The van der Waals surface area contributed by atoms with E-state index in [9.17, 15) is 9.59 Å². The van der Waals surface area contributed by atoms with Gasteiger partial charge in [0.05, 0.1) is 12.2 Å². The van der Waals surface area contributed by atoms with Crippen LogP contribution < -0.4 is 15.0 Å². The Labute approximate surface area is 156 Å². The maximum absolute atomic E-state index is 13.2. The zero-order chi connectivity index (χ0) is 18.8. The number of ether oxygens (including phenoxy) is 1. The minimum absolute atomic E-state index is 0.127. The fraction of sp³-hybridized carbons (Fsp3) is 0.238. The minimum atomic E-state index is -0.764. The molecule has 0 bridgehead atoms. The first-order chi connectivity index (χ1) is 13.2. The molecule has 6 heteroatoms. The van der Waals surface area contributed by atoms with E-state index in [1.807, 2.05) is 43.3 Å². The number of hydrogen-bond donors (Lipinski definition) is 1. The molecule has 0 spiro atoms. The molecule has 2 aromatic carbocycles. The number of benzene rings is 2. The number of furan rings is 1. The fourth-order valence-corrected chi connectivity index (χ4v) is 3.15. The van der Waals surface area contributed by atoms with Crippen LogP contribution in [0.5, 0.6) is 5.75 Å². The fourth-order valence-electron chi connectivity index (χ4n) is 3.15. The first kappa shape index (κ1) is 17.1. The van der Waals surface area contributed by atoms with E-state index in [2.05, 4.69) is 5.32 Å². The van der Waals surface area contributed by atoms with E-state index in [1.54, 1.807) is 23.1 Å². The highest BCUT2D eigenvalue weighted by molar-refractivity contribution is 6.08. The molecule has 3 aromatic rings. The number of carbonyl (C=O) groups excluding carboxylic acids is 2.